The van der Waals surface area contributed by atoms with Gasteiger partial charge >= 0.3 is 5.97 Å². The molecule has 28 heavy (non-hydrogen) atoms. The zero-order chi connectivity index (χ0) is 21.1. The number of carbonyl (C=O) groups excluding carboxylic acids is 2. The summed E-state index contributed by atoms with van der Waals surface area (Å²) in [5, 5.41) is 0.433. The van der Waals surface area contributed by atoms with E-state index in [1.54, 1.807) is 45.9 Å². The van der Waals surface area contributed by atoms with Gasteiger partial charge in [0, 0.05) is 28.6 Å². The van der Waals surface area contributed by atoms with E-state index in [-0.39, 0.29) is 12.3 Å². The van der Waals surface area contributed by atoms with Crippen LogP contribution in [0, 0.1) is 0 Å². The summed E-state index contributed by atoms with van der Waals surface area (Å²) in [5.41, 5.74) is 0.331. The third-order valence-electron chi connectivity index (χ3n) is 3.92. The molecule has 0 amide bonds. The molecule has 0 unspecified atom stereocenters. The third-order valence-corrected chi connectivity index (χ3v) is 4.16. The SMILES string of the molecule is CCC(=O)c1ccc(Cl)cc1-c1cc(=O)n(CC(=O)OC(C)(C)C)cc1OC. The van der Waals surface area contributed by atoms with Gasteiger partial charge in [0.25, 0.3) is 5.56 Å². The molecule has 1 aromatic carbocycles. The number of methoxy groups -OCH3 is 1. The van der Waals surface area contributed by atoms with Gasteiger partial charge in [0.05, 0.1) is 13.3 Å². The van der Waals surface area contributed by atoms with Crippen LogP contribution in [-0.4, -0.2) is 29.0 Å². The van der Waals surface area contributed by atoms with E-state index in [4.69, 9.17) is 21.1 Å². The van der Waals surface area contributed by atoms with Crippen molar-refractivity contribution in [3.8, 4) is 16.9 Å². The number of benzene rings is 1. The van der Waals surface area contributed by atoms with Crippen molar-refractivity contribution < 1.29 is 19.1 Å². The van der Waals surface area contributed by atoms with E-state index < -0.39 is 17.1 Å². The lowest BCUT2D eigenvalue weighted by Gasteiger charge is -2.20. The van der Waals surface area contributed by atoms with Crippen LogP contribution in [0.2, 0.25) is 5.02 Å². The lowest BCUT2D eigenvalue weighted by atomic mass is 9.96. The second-order valence-corrected chi connectivity index (χ2v) is 7.71. The molecule has 0 aliphatic heterocycles. The maximum absolute atomic E-state index is 12.6. The number of halogens is 1. The molecular formula is C21H24ClNO5. The normalized spacial score (nSPS) is 11.2. The zero-order valence-electron chi connectivity index (χ0n) is 16.7. The molecule has 0 bridgehead atoms. The standard InChI is InChI=1S/C21H24ClNO5/c1-6-17(24)14-8-7-13(22)9-15(14)16-10-19(25)23(11-18(16)27-5)12-20(26)28-21(2,3)4/h7-11H,6,12H2,1-5H3. The Hall–Kier alpha value is -2.60. The first kappa shape index (κ1) is 21.7. The lowest BCUT2D eigenvalue weighted by molar-refractivity contribution is -0.155. The first-order chi connectivity index (χ1) is 13.1. The average molecular weight is 406 g/mol. The fourth-order valence-corrected chi connectivity index (χ4v) is 2.91. The van der Waals surface area contributed by atoms with Crippen molar-refractivity contribution in [3.63, 3.8) is 0 Å². The summed E-state index contributed by atoms with van der Waals surface area (Å²) in [6.07, 6.45) is 1.75. The molecule has 0 fully saturated rings. The number of nitrogens with zero attached hydrogens (tertiary/aromatic N) is 1. The molecule has 1 aromatic heterocycles. The summed E-state index contributed by atoms with van der Waals surface area (Å²) < 4.78 is 11.9. The molecule has 1 heterocycles. The Balaban J connectivity index is 2.53. The monoisotopic (exact) mass is 405 g/mol. The largest absolute Gasteiger partial charge is 0.495 e. The van der Waals surface area contributed by atoms with Crippen molar-refractivity contribution in [1.82, 2.24) is 4.57 Å². The predicted molar refractivity (Wildman–Crippen MR) is 108 cm³/mol. The minimum atomic E-state index is -0.652. The fourth-order valence-electron chi connectivity index (χ4n) is 2.73. The number of Topliss-reactive ketones (excluding diaryl/α,β-unsaturated/α-hetero) is 1. The van der Waals surface area contributed by atoms with Crippen LogP contribution in [0.25, 0.3) is 11.1 Å². The Bertz CT molecular complexity index is 956. The summed E-state index contributed by atoms with van der Waals surface area (Å²) in [5.74, 6) is -0.267. The van der Waals surface area contributed by atoms with Crippen molar-refractivity contribution in [2.75, 3.05) is 7.11 Å². The third kappa shape index (κ3) is 5.23. The highest BCUT2D eigenvalue weighted by molar-refractivity contribution is 6.31. The van der Waals surface area contributed by atoms with Crippen LogP contribution in [0.1, 0.15) is 44.5 Å². The fraction of sp³-hybridized carbons (Fsp3) is 0.381. The number of carbonyl (C=O) groups is 2. The molecule has 6 nitrogen and oxygen atoms in total. The van der Waals surface area contributed by atoms with Gasteiger partial charge in [-0.05, 0) is 44.5 Å². The molecule has 0 N–H and O–H groups in total. The molecule has 150 valence electrons. The highest BCUT2D eigenvalue weighted by Gasteiger charge is 2.20. The van der Waals surface area contributed by atoms with E-state index in [0.29, 0.717) is 33.9 Å². The molecule has 0 aliphatic rings. The van der Waals surface area contributed by atoms with E-state index >= 15 is 0 Å². The molecule has 7 heteroatoms. The highest BCUT2D eigenvalue weighted by atomic mass is 35.5. The van der Waals surface area contributed by atoms with E-state index in [2.05, 4.69) is 0 Å². The number of pyridine rings is 1. The Morgan fingerprint density at radius 2 is 1.82 bits per heavy atom. The summed E-state index contributed by atoms with van der Waals surface area (Å²) in [6, 6.07) is 6.22. The van der Waals surface area contributed by atoms with Crippen LogP contribution < -0.4 is 10.3 Å². The van der Waals surface area contributed by atoms with Crippen LogP contribution in [-0.2, 0) is 16.1 Å². The molecule has 0 atom stereocenters. The van der Waals surface area contributed by atoms with E-state index in [1.165, 1.54) is 23.9 Å². The van der Waals surface area contributed by atoms with E-state index in [9.17, 15) is 14.4 Å². The van der Waals surface area contributed by atoms with Crippen molar-refractivity contribution in [2.45, 2.75) is 46.3 Å². The van der Waals surface area contributed by atoms with Gasteiger partial charge in [-0.25, -0.2) is 0 Å². The summed E-state index contributed by atoms with van der Waals surface area (Å²) in [7, 11) is 1.45. The van der Waals surface area contributed by atoms with Crippen LogP contribution >= 0.6 is 11.6 Å². The van der Waals surface area contributed by atoms with Gasteiger partial charge in [0.1, 0.15) is 17.9 Å². The number of hydrogen-bond donors (Lipinski definition) is 0. The van der Waals surface area contributed by atoms with Crippen molar-refractivity contribution in [1.29, 1.82) is 0 Å². The number of rotatable bonds is 6. The Morgan fingerprint density at radius 1 is 1.14 bits per heavy atom. The second kappa shape index (κ2) is 8.61. The van der Waals surface area contributed by atoms with Gasteiger partial charge in [-0.2, -0.15) is 0 Å². The first-order valence-corrected chi connectivity index (χ1v) is 9.27. The van der Waals surface area contributed by atoms with Crippen LogP contribution in [0.5, 0.6) is 5.75 Å². The average Bonchev–Trinajstić information content (AvgIpc) is 2.60. The Labute approximate surface area is 169 Å². The molecule has 0 radical (unpaired) electrons. The number of ether oxygens (including phenoxy) is 2. The Morgan fingerprint density at radius 3 is 2.39 bits per heavy atom. The van der Waals surface area contributed by atoms with E-state index in [1.807, 2.05) is 0 Å². The molecule has 0 spiro atoms. The molecule has 0 aliphatic carbocycles. The first-order valence-electron chi connectivity index (χ1n) is 8.89. The Kier molecular flexibility index (Phi) is 6.67. The van der Waals surface area contributed by atoms with Gasteiger partial charge in [-0.3, -0.25) is 14.4 Å². The van der Waals surface area contributed by atoms with E-state index in [0.717, 1.165) is 0 Å². The summed E-state index contributed by atoms with van der Waals surface area (Å²) >= 11 is 6.11. The van der Waals surface area contributed by atoms with Crippen LogP contribution in [0.4, 0.5) is 0 Å². The van der Waals surface area contributed by atoms with Crippen molar-refractivity contribution in [2.24, 2.45) is 0 Å². The molecule has 2 aromatic rings. The van der Waals surface area contributed by atoms with Gasteiger partial charge < -0.3 is 14.0 Å². The summed E-state index contributed by atoms with van der Waals surface area (Å²) in [6.45, 7) is 6.77. The molecular weight excluding hydrogens is 382 g/mol. The van der Waals surface area contributed by atoms with Gasteiger partial charge in [-0.1, -0.05) is 18.5 Å². The van der Waals surface area contributed by atoms with Crippen molar-refractivity contribution >= 4 is 23.4 Å². The topological polar surface area (TPSA) is 74.6 Å². The van der Waals surface area contributed by atoms with Gasteiger partial charge in [0.2, 0.25) is 0 Å². The number of hydrogen-bond acceptors (Lipinski definition) is 5. The molecule has 0 saturated heterocycles. The van der Waals surface area contributed by atoms with Crippen molar-refractivity contribution in [3.05, 3.63) is 51.4 Å². The maximum atomic E-state index is 12.6. The quantitative estimate of drug-likeness (QED) is 0.534. The number of esters is 1. The lowest BCUT2D eigenvalue weighted by Crippen LogP contribution is -2.30. The minimum Gasteiger partial charge on any atom is -0.495 e. The highest BCUT2D eigenvalue weighted by Crippen LogP contribution is 2.33. The summed E-state index contributed by atoms with van der Waals surface area (Å²) in [4.78, 5) is 37.0. The maximum Gasteiger partial charge on any atom is 0.326 e. The van der Waals surface area contributed by atoms with Crippen LogP contribution in [0.15, 0.2) is 35.3 Å². The number of aromatic nitrogens is 1. The minimum absolute atomic E-state index is 0.0772. The molecule has 0 saturated carbocycles. The second-order valence-electron chi connectivity index (χ2n) is 7.27. The zero-order valence-corrected chi connectivity index (χ0v) is 17.4. The van der Waals surface area contributed by atoms with Gasteiger partial charge in [0.15, 0.2) is 5.78 Å². The smallest absolute Gasteiger partial charge is 0.326 e. The number of ketones is 1. The predicted octanol–water partition coefficient (Wildman–Crippen LogP) is 4.11. The molecule has 2 rings (SSSR count). The van der Waals surface area contributed by atoms with Crippen LogP contribution in [0.3, 0.4) is 0 Å². The van der Waals surface area contributed by atoms with Gasteiger partial charge in [-0.15, -0.1) is 0 Å².